The number of carboxylic acid groups (broad SMARTS) is 1. The van der Waals surface area contributed by atoms with Crippen LogP contribution in [0.3, 0.4) is 0 Å². The topological polar surface area (TPSA) is 43.4 Å². The van der Waals surface area contributed by atoms with Crippen LogP contribution in [0, 0.1) is 0 Å². The summed E-state index contributed by atoms with van der Waals surface area (Å²) in [6, 6.07) is 0. The first-order valence-corrected chi connectivity index (χ1v) is 10.1. The second-order valence-electron chi connectivity index (χ2n) is 6.85. The van der Waals surface area contributed by atoms with Crippen molar-refractivity contribution >= 4 is 5.97 Å². The van der Waals surface area contributed by atoms with E-state index in [0.29, 0.717) is 0 Å². The second-order valence-corrected chi connectivity index (χ2v) is 6.85. The van der Waals surface area contributed by atoms with Gasteiger partial charge in [0.2, 0.25) is 0 Å². The molecule has 0 unspecified atom stereocenters. The number of nitrogens with zero attached hydrogens (tertiary/aromatic N) is 1. The predicted octanol–water partition coefficient (Wildman–Crippen LogP) is 1.54. The SMILES string of the molecule is CCCCCCCCN(CCCCCCCC)CCCC(=O)[O-].[Li+]. The van der Waals surface area contributed by atoms with Gasteiger partial charge >= 0.3 is 18.9 Å². The van der Waals surface area contributed by atoms with Gasteiger partial charge < -0.3 is 14.8 Å². The molecule has 0 radical (unpaired) electrons. The maximum atomic E-state index is 10.6. The van der Waals surface area contributed by atoms with E-state index < -0.39 is 5.97 Å². The quantitative estimate of drug-likeness (QED) is 0.282. The molecule has 0 aromatic rings. The number of aliphatic carboxylic acids is 1. The van der Waals surface area contributed by atoms with Crippen LogP contribution in [-0.4, -0.2) is 30.5 Å². The van der Waals surface area contributed by atoms with Gasteiger partial charge in [-0.3, -0.25) is 0 Å². The molecule has 0 fully saturated rings. The first-order valence-electron chi connectivity index (χ1n) is 10.1. The molecule has 0 aromatic carbocycles. The summed E-state index contributed by atoms with van der Waals surface area (Å²) in [5, 5.41) is 10.6. The summed E-state index contributed by atoms with van der Waals surface area (Å²) in [5.41, 5.74) is 0. The van der Waals surface area contributed by atoms with Gasteiger partial charge in [-0.2, -0.15) is 0 Å². The van der Waals surface area contributed by atoms with Crippen molar-refractivity contribution in [3.63, 3.8) is 0 Å². The molecule has 0 aliphatic heterocycles. The van der Waals surface area contributed by atoms with Crippen molar-refractivity contribution in [3.05, 3.63) is 0 Å². The van der Waals surface area contributed by atoms with E-state index in [4.69, 9.17) is 0 Å². The molecule has 0 atom stereocenters. The van der Waals surface area contributed by atoms with Crippen LogP contribution in [0.2, 0.25) is 0 Å². The molecule has 0 rings (SSSR count). The molecule has 0 bridgehead atoms. The van der Waals surface area contributed by atoms with Gasteiger partial charge in [0.05, 0.1) is 0 Å². The average Bonchev–Trinajstić information content (AvgIpc) is 2.53. The van der Waals surface area contributed by atoms with E-state index in [1.165, 1.54) is 77.0 Å². The van der Waals surface area contributed by atoms with Crippen molar-refractivity contribution in [1.29, 1.82) is 0 Å². The molecule has 4 heteroatoms. The van der Waals surface area contributed by atoms with Gasteiger partial charge in [0.1, 0.15) is 0 Å². The molecule has 3 nitrogen and oxygen atoms in total. The van der Waals surface area contributed by atoms with E-state index >= 15 is 0 Å². The van der Waals surface area contributed by atoms with Crippen LogP contribution in [0.5, 0.6) is 0 Å². The Morgan fingerprint density at radius 2 is 1.04 bits per heavy atom. The van der Waals surface area contributed by atoms with Crippen LogP contribution in [0.4, 0.5) is 0 Å². The van der Waals surface area contributed by atoms with Crippen molar-refractivity contribution in [2.75, 3.05) is 19.6 Å². The van der Waals surface area contributed by atoms with Crippen molar-refractivity contribution in [2.45, 2.75) is 104 Å². The number of unbranched alkanes of at least 4 members (excludes halogenated alkanes) is 10. The third-order valence-electron chi connectivity index (χ3n) is 4.51. The van der Waals surface area contributed by atoms with Gasteiger partial charge in [0, 0.05) is 5.97 Å². The Labute approximate surface area is 163 Å². The molecular weight excluding hydrogens is 293 g/mol. The molecule has 0 saturated carbocycles. The van der Waals surface area contributed by atoms with Crippen molar-refractivity contribution < 1.29 is 28.8 Å². The Morgan fingerprint density at radius 3 is 1.46 bits per heavy atom. The standard InChI is InChI=1S/C20H41NO2.Li/c1-3-5-7-9-11-13-17-21(19-15-16-20(22)23)18-14-12-10-8-6-4-2;/h3-19H2,1-2H3,(H,22,23);/q;+1/p-1. The Balaban J connectivity index is 0. The number of carboxylic acids is 1. The molecule has 0 aromatic heterocycles. The van der Waals surface area contributed by atoms with Gasteiger partial charge in [0.15, 0.2) is 0 Å². The van der Waals surface area contributed by atoms with E-state index in [2.05, 4.69) is 18.7 Å². The number of rotatable bonds is 18. The zero-order valence-corrected chi connectivity index (χ0v) is 16.8. The molecule has 0 amide bonds. The van der Waals surface area contributed by atoms with Crippen molar-refractivity contribution in [2.24, 2.45) is 0 Å². The fraction of sp³-hybridized carbons (Fsp3) is 0.950. The normalized spacial score (nSPS) is 10.8. The fourth-order valence-corrected chi connectivity index (χ4v) is 3.01. The summed E-state index contributed by atoms with van der Waals surface area (Å²) in [7, 11) is 0. The maximum absolute atomic E-state index is 10.6. The second kappa shape index (κ2) is 21.1. The van der Waals surface area contributed by atoms with Gasteiger partial charge in [-0.05, 0) is 45.3 Å². The molecule has 138 valence electrons. The van der Waals surface area contributed by atoms with E-state index in [-0.39, 0.29) is 25.3 Å². The third-order valence-corrected chi connectivity index (χ3v) is 4.51. The summed E-state index contributed by atoms with van der Waals surface area (Å²) in [6.07, 6.45) is 16.8. The largest absolute Gasteiger partial charge is 1.00 e. The molecule has 0 saturated heterocycles. The van der Waals surface area contributed by atoms with Gasteiger partial charge in [-0.25, -0.2) is 0 Å². The minimum atomic E-state index is -0.913. The van der Waals surface area contributed by atoms with Crippen molar-refractivity contribution in [1.82, 2.24) is 4.90 Å². The summed E-state index contributed by atoms with van der Waals surface area (Å²) in [5.74, 6) is -0.913. The van der Waals surface area contributed by atoms with Crippen LogP contribution in [0.15, 0.2) is 0 Å². The van der Waals surface area contributed by atoms with E-state index in [1.54, 1.807) is 0 Å². The molecule has 0 aliphatic carbocycles. The number of carbonyl (C=O) groups is 1. The fourth-order valence-electron chi connectivity index (χ4n) is 3.01. The van der Waals surface area contributed by atoms with Crippen LogP contribution in [0.25, 0.3) is 0 Å². The van der Waals surface area contributed by atoms with Gasteiger partial charge in [0.25, 0.3) is 0 Å². The molecular formula is C20H40LiNO2. The number of hydrogen-bond acceptors (Lipinski definition) is 3. The monoisotopic (exact) mass is 333 g/mol. The zero-order chi connectivity index (χ0) is 17.2. The predicted molar refractivity (Wildman–Crippen MR) is 97.4 cm³/mol. The number of carbonyl (C=O) groups excluding carboxylic acids is 1. The average molecular weight is 333 g/mol. The minimum absolute atomic E-state index is 0. The summed E-state index contributed by atoms with van der Waals surface area (Å²) in [4.78, 5) is 13.0. The summed E-state index contributed by atoms with van der Waals surface area (Å²) in [6.45, 7) is 7.68. The number of hydrogen-bond donors (Lipinski definition) is 0. The minimum Gasteiger partial charge on any atom is -0.550 e. The Hall–Kier alpha value is 0.0274. The molecule has 24 heavy (non-hydrogen) atoms. The zero-order valence-electron chi connectivity index (χ0n) is 16.8. The maximum Gasteiger partial charge on any atom is 1.00 e. The van der Waals surface area contributed by atoms with Crippen LogP contribution in [0.1, 0.15) is 104 Å². The molecule has 0 aliphatic rings. The smallest absolute Gasteiger partial charge is 0.550 e. The van der Waals surface area contributed by atoms with Crippen LogP contribution >= 0.6 is 0 Å². The van der Waals surface area contributed by atoms with Crippen LogP contribution < -0.4 is 24.0 Å². The Kier molecular flexibility index (Phi) is 23.1. The summed E-state index contributed by atoms with van der Waals surface area (Å²) >= 11 is 0. The molecule has 0 spiro atoms. The third kappa shape index (κ3) is 20.1. The van der Waals surface area contributed by atoms with Gasteiger partial charge in [-0.15, -0.1) is 0 Å². The van der Waals surface area contributed by atoms with Gasteiger partial charge in [-0.1, -0.05) is 78.1 Å². The van der Waals surface area contributed by atoms with Crippen LogP contribution in [-0.2, 0) is 4.79 Å². The van der Waals surface area contributed by atoms with E-state index in [1.807, 2.05) is 0 Å². The van der Waals surface area contributed by atoms with E-state index in [9.17, 15) is 9.90 Å². The summed E-state index contributed by atoms with van der Waals surface area (Å²) < 4.78 is 0. The van der Waals surface area contributed by atoms with E-state index in [0.717, 1.165) is 26.1 Å². The molecule has 0 N–H and O–H groups in total. The Morgan fingerprint density at radius 1 is 0.667 bits per heavy atom. The first-order chi connectivity index (χ1) is 11.2. The molecule has 0 heterocycles. The van der Waals surface area contributed by atoms with Crippen molar-refractivity contribution in [3.8, 4) is 0 Å². The Bertz CT molecular complexity index is 246. The first kappa shape index (κ1) is 26.3.